The molecule has 28 heavy (non-hydrogen) atoms. The fraction of sp³-hybridized carbons (Fsp3) is 0.550. The lowest BCUT2D eigenvalue weighted by Crippen LogP contribution is -2.30. The van der Waals surface area contributed by atoms with Gasteiger partial charge >= 0.3 is 0 Å². The summed E-state index contributed by atoms with van der Waals surface area (Å²) in [6.07, 6.45) is 3.57. The molecular weight excluding hydrogens is 376 g/mol. The Morgan fingerprint density at radius 1 is 1.29 bits per heavy atom. The lowest BCUT2D eigenvalue weighted by Gasteiger charge is -2.12. The second-order valence-corrected chi connectivity index (χ2v) is 7.78. The summed E-state index contributed by atoms with van der Waals surface area (Å²) < 4.78 is 13.0. The fourth-order valence-corrected chi connectivity index (χ4v) is 3.29. The number of amides is 1. The minimum Gasteiger partial charge on any atom is -0.493 e. The monoisotopic (exact) mass is 406 g/mol. The van der Waals surface area contributed by atoms with Crippen molar-refractivity contribution in [2.24, 2.45) is 5.92 Å². The van der Waals surface area contributed by atoms with E-state index in [0.29, 0.717) is 24.0 Å². The number of nitrogens with zero attached hydrogens (tertiary/aromatic N) is 3. The zero-order valence-corrected chi connectivity index (χ0v) is 18.1. The molecule has 0 atom stereocenters. The molecule has 0 radical (unpaired) electrons. The number of benzene rings is 1. The average molecular weight is 407 g/mol. The maximum atomic E-state index is 12.0. The summed E-state index contributed by atoms with van der Waals surface area (Å²) in [7, 11) is 1.59. The number of thioether (sulfide) groups is 1. The molecule has 2 aromatic rings. The topological polar surface area (TPSA) is 78.3 Å². The maximum Gasteiger partial charge on any atom is 0.257 e. The molecule has 0 unspecified atom stereocenters. The number of hydrogen-bond donors (Lipinski definition) is 1. The lowest BCUT2D eigenvalue weighted by molar-refractivity contribution is -0.123. The van der Waals surface area contributed by atoms with Gasteiger partial charge in [0.25, 0.3) is 5.91 Å². The van der Waals surface area contributed by atoms with Gasteiger partial charge in [-0.15, -0.1) is 10.2 Å². The van der Waals surface area contributed by atoms with Crippen LogP contribution >= 0.6 is 11.8 Å². The van der Waals surface area contributed by atoms with Crippen molar-refractivity contribution in [3.8, 4) is 11.5 Å². The van der Waals surface area contributed by atoms with Crippen molar-refractivity contribution in [1.29, 1.82) is 0 Å². The van der Waals surface area contributed by atoms with E-state index in [9.17, 15) is 4.79 Å². The highest BCUT2D eigenvalue weighted by molar-refractivity contribution is 7.98. The third-order valence-electron chi connectivity index (χ3n) is 4.10. The normalized spacial score (nSPS) is 10.9. The molecule has 0 saturated carbocycles. The van der Waals surface area contributed by atoms with E-state index in [4.69, 9.17) is 9.47 Å². The smallest absolute Gasteiger partial charge is 0.257 e. The number of methoxy groups -OCH3 is 1. The summed E-state index contributed by atoms with van der Waals surface area (Å²) in [6.45, 7) is 7.75. The first kappa shape index (κ1) is 22.1. The Morgan fingerprint density at radius 3 is 2.75 bits per heavy atom. The molecule has 0 aliphatic carbocycles. The number of carbonyl (C=O) groups is 1. The van der Waals surface area contributed by atoms with Crippen molar-refractivity contribution in [3.05, 3.63) is 29.6 Å². The van der Waals surface area contributed by atoms with Gasteiger partial charge in [-0.05, 0) is 43.2 Å². The van der Waals surface area contributed by atoms with Crippen LogP contribution in [-0.2, 0) is 17.8 Å². The van der Waals surface area contributed by atoms with Crippen LogP contribution in [0.4, 0.5) is 0 Å². The zero-order chi connectivity index (χ0) is 20.5. The molecule has 154 valence electrons. The molecule has 1 N–H and O–H groups in total. The number of nitrogens with one attached hydrogen (secondary N) is 1. The molecule has 1 amide bonds. The Labute approximate surface area is 171 Å². The van der Waals surface area contributed by atoms with Gasteiger partial charge in [-0.1, -0.05) is 31.7 Å². The summed E-state index contributed by atoms with van der Waals surface area (Å²) >= 11 is 1.60. The number of ether oxygens (including phenoxy) is 2. The van der Waals surface area contributed by atoms with Crippen LogP contribution in [0.5, 0.6) is 11.5 Å². The molecule has 0 saturated heterocycles. The Hall–Kier alpha value is -2.22. The van der Waals surface area contributed by atoms with Crippen LogP contribution in [0.15, 0.2) is 23.4 Å². The molecule has 0 aliphatic heterocycles. The van der Waals surface area contributed by atoms with Crippen LogP contribution in [0.2, 0.25) is 0 Å². The van der Waals surface area contributed by atoms with Gasteiger partial charge in [-0.25, -0.2) is 0 Å². The minimum absolute atomic E-state index is 0.0421. The molecule has 1 aromatic heterocycles. The average Bonchev–Trinajstić information content (AvgIpc) is 3.05. The van der Waals surface area contributed by atoms with E-state index in [1.165, 1.54) is 0 Å². The number of carbonyl (C=O) groups excluding carboxylic acids is 1. The van der Waals surface area contributed by atoms with Crippen molar-refractivity contribution in [2.45, 2.75) is 45.3 Å². The largest absolute Gasteiger partial charge is 0.493 e. The first-order chi connectivity index (χ1) is 13.4. The summed E-state index contributed by atoms with van der Waals surface area (Å²) in [5.74, 6) is 2.52. The summed E-state index contributed by atoms with van der Waals surface area (Å²) in [4.78, 5) is 12.0. The molecule has 7 nitrogen and oxygen atoms in total. The third kappa shape index (κ3) is 6.44. The number of aromatic nitrogens is 3. The quantitative estimate of drug-likeness (QED) is 0.456. The van der Waals surface area contributed by atoms with Crippen molar-refractivity contribution in [3.63, 3.8) is 0 Å². The van der Waals surface area contributed by atoms with Gasteiger partial charge in [0.2, 0.25) is 0 Å². The van der Waals surface area contributed by atoms with Crippen molar-refractivity contribution in [1.82, 2.24) is 20.1 Å². The highest BCUT2D eigenvalue weighted by Crippen LogP contribution is 2.27. The van der Waals surface area contributed by atoms with Gasteiger partial charge in [0.15, 0.2) is 23.3 Å². The second-order valence-electron chi connectivity index (χ2n) is 7.00. The zero-order valence-electron chi connectivity index (χ0n) is 17.3. The Bertz CT molecular complexity index is 777. The van der Waals surface area contributed by atoms with Crippen LogP contribution in [0.25, 0.3) is 0 Å². The first-order valence-corrected chi connectivity index (χ1v) is 10.7. The van der Waals surface area contributed by atoms with E-state index < -0.39 is 0 Å². The van der Waals surface area contributed by atoms with Crippen LogP contribution in [0.1, 0.15) is 31.7 Å². The van der Waals surface area contributed by atoms with E-state index in [-0.39, 0.29) is 12.5 Å². The van der Waals surface area contributed by atoms with Gasteiger partial charge in [0.1, 0.15) is 5.82 Å². The Kier molecular flexibility index (Phi) is 8.63. The fourth-order valence-electron chi connectivity index (χ4n) is 2.77. The summed E-state index contributed by atoms with van der Waals surface area (Å²) in [5.41, 5.74) is 1.07. The molecule has 8 heteroatoms. The Balaban J connectivity index is 1.77. The van der Waals surface area contributed by atoms with E-state index in [0.717, 1.165) is 35.9 Å². The molecule has 0 fully saturated rings. The van der Waals surface area contributed by atoms with E-state index >= 15 is 0 Å². The van der Waals surface area contributed by atoms with Gasteiger partial charge in [-0.2, -0.15) is 0 Å². The van der Waals surface area contributed by atoms with Crippen LogP contribution in [0, 0.1) is 12.8 Å². The molecule has 2 rings (SSSR count). The molecule has 0 bridgehead atoms. The van der Waals surface area contributed by atoms with Crippen LogP contribution < -0.4 is 14.8 Å². The van der Waals surface area contributed by atoms with Crippen molar-refractivity contribution < 1.29 is 14.3 Å². The molecular formula is C20H30N4O3S. The predicted molar refractivity (Wildman–Crippen MR) is 111 cm³/mol. The predicted octanol–water partition coefficient (Wildman–Crippen LogP) is 3.10. The van der Waals surface area contributed by atoms with Crippen LogP contribution in [-0.4, -0.2) is 47.2 Å². The lowest BCUT2D eigenvalue weighted by atomic mass is 10.2. The summed E-state index contributed by atoms with van der Waals surface area (Å²) in [5, 5.41) is 12.4. The first-order valence-electron chi connectivity index (χ1n) is 9.44. The standard InChI is InChI=1S/C20H30N4O3S/c1-14(2)12-24-18(22-23-20(24)28-5)7-6-10-21-19(25)13-27-16-9-8-15(3)11-17(16)26-4/h8-9,11,14H,6-7,10,12-13H2,1-5H3,(H,21,25). The molecule has 1 heterocycles. The summed E-state index contributed by atoms with van der Waals surface area (Å²) in [6, 6.07) is 5.61. The Morgan fingerprint density at radius 2 is 2.07 bits per heavy atom. The van der Waals surface area contributed by atoms with Gasteiger partial charge in [-0.3, -0.25) is 4.79 Å². The number of rotatable bonds is 11. The number of aryl methyl sites for hydroxylation is 2. The SMILES string of the molecule is COc1cc(C)ccc1OCC(=O)NCCCc1nnc(SC)n1CC(C)C. The molecule has 0 aliphatic rings. The highest BCUT2D eigenvalue weighted by atomic mass is 32.2. The van der Waals surface area contributed by atoms with Gasteiger partial charge in [0.05, 0.1) is 7.11 Å². The van der Waals surface area contributed by atoms with E-state index in [1.54, 1.807) is 18.9 Å². The third-order valence-corrected chi connectivity index (χ3v) is 4.77. The molecule has 0 spiro atoms. The van der Waals surface area contributed by atoms with Crippen molar-refractivity contribution in [2.75, 3.05) is 26.5 Å². The molecule has 1 aromatic carbocycles. The van der Waals surface area contributed by atoms with Gasteiger partial charge < -0.3 is 19.4 Å². The van der Waals surface area contributed by atoms with Gasteiger partial charge in [0, 0.05) is 19.5 Å². The minimum atomic E-state index is -0.156. The second kappa shape index (κ2) is 10.9. The maximum absolute atomic E-state index is 12.0. The van der Waals surface area contributed by atoms with E-state index in [1.807, 2.05) is 31.4 Å². The van der Waals surface area contributed by atoms with E-state index in [2.05, 4.69) is 33.9 Å². The number of hydrogen-bond acceptors (Lipinski definition) is 6. The van der Waals surface area contributed by atoms with Crippen molar-refractivity contribution >= 4 is 17.7 Å². The van der Waals surface area contributed by atoms with Crippen LogP contribution in [0.3, 0.4) is 0 Å². The highest BCUT2D eigenvalue weighted by Gasteiger charge is 2.13.